The molecule has 88 heavy (non-hydrogen) atoms. The second-order valence-electron chi connectivity index (χ2n) is 23.3. The molecule has 6 aromatic rings. The summed E-state index contributed by atoms with van der Waals surface area (Å²) >= 11 is 3.26. The number of hydrogen-bond donors (Lipinski definition) is 1. The normalized spacial score (nSPS) is 12.5. The van der Waals surface area contributed by atoms with Crippen molar-refractivity contribution in [1.82, 2.24) is 29.9 Å². The largest absolute Gasteiger partial charge is 2.00 e. The van der Waals surface area contributed by atoms with E-state index in [0.717, 1.165) is 21.7 Å². The van der Waals surface area contributed by atoms with Gasteiger partial charge in [0.15, 0.2) is 17.2 Å². The van der Waals surface area contributed by atoms with Gasteiger partial charge >= 0.3 is 17.1 Å². The zero-order valence-corrected chi connectivity index (χ0v) is 59.6. The van der Waals surface area contributed by atoms with E-state index in [-0.39, 0.29) is 53.5 Å². The van der Waals surface area contributed by atoms with Crippen LogP contribution in [-0.2, 0) is 17.1 Å². The minimum absolute atomic E-state index is 0. The first-order chi connectivity index (χ1) is 40.3. The quantitative estimate of drug-likeness (QED) is 0.0396. The van der Waals surface area contributed by atoms with Crippen LogP contribution in [0, 0.1) is 61.7 Å². The number of ether oxygens (including phenoxy) is 5. The third-order valence-corrected chi connectivity index (χ3v) is 21.2. The maximum Gasteiger partial charge on any atom is 2.00 e. The molecule has 0 atom stereocenters. The number of nitrogens with zero attached hydrogens (tertiary/aromatic N) is 9. The molecule has 0 saturated heterocycles. The summed E-state index contributed by atoms with van der Waals surface area (Å²) in [5.41, 5.74) is 3.33. The molecular formula is C69H96BrFeN9O6P2. The molecule has 478 valence electrons. The van der Waals surface area contributed by atoms with Crippen molar-refractivity contribution < 1.29 is 45.9 Å². The number of hydrogen-bond acceptors (Lipinski definition) is 15. The Morgan fingerprint density at radius 1 is 0.511 bits per heavy atom. The van der Waals surface area contributed by atoms with Crippen molar-refractivity contribution in [3.8, 4) is 77.3 Å². The summed E-state index contributed by atoms with van der Waals surface area (Å²) in [4.78, 5) is 23.6. The molecule has 8 rings (SSSR count). The fourth-order valence-corrected chi connectivity index (χ4v) is 20.9. The van der Waals surface area contributed by atoms with E-state index < -0.39 is 0 Å². The standard InChI is InChI=1S/2C13H11N3O2.2C13H27P.C7H8BrNO.C6H4N2O.C2H2.2CH3.Fe/c2*1-2-17-12-4-3-5-16-13(12)18-11-6-10(7-14)8-15-9-11;2*1-12(2,3)14(13(4,5)6)11-9-7-8-10-11;1-2-10-6-4-3-5-9-7(6)8;7-2-5-1-6(9)4-8-3-5;1-2;;;/h2*3-6,8-9H,2H2,1H3;2*11H,7-10H2,1-6H3;3-5H,2H2,1H3;1,3-4,9H;1-2H;2*1H3;/q;;;;;;;2*-1;+2. The van der Waals surface area contributed by atoms with E-state index in [0.29, 0.717) is 91.9 Å². The smallest absolute Gasteiger partial charge is 0.506 e. The maximum absolute atomic E-state index is 8.78. The van der Waals surface area contributed by atoms with Gasteiger partial charge in [0.05, 0.1) is 55.1 Å². The van der Waals surface area contributed by atoms with Gasteiger partial charge in [-0.3, -0.25) is 15.0 Å². The third-order valence-electron chi connectivity index (χ3n) is 12.3. The summed E-state index contributed by atoms with van der Waals surface area (Å²) < 4.78 is 27.9. The zero-order chi connectivity index (χ0) is 63.6. The van der Waals surface area contributed by atoms with Gasteiger partial charge in [-0.25, -0.2) is 15.0 Å². The van der Waals surface area contributed by atoms with Crippen LogP contribution in [-0.4, -0.2) is 86.8 Å². The maximum atomic E-state index is 8.78. The predicted octanol–water partition coefficient (Wildman–Crippen LogP) is 19.1. The van der Waals surface area contributed by atoms with Crippen LogP contribution in [0.3, 0.4) is 0 Å². The molecule has 2 saturated carbocycles. The first kappa shape index (κ1) is 83.7. The predicted molar refractivity (Wildman–Crippen MR) is 363 cm³/mol. The van der Waals surface area contributed by atoms with E-state index in [9.17, 15) is 0 Å². The molecule has 0 aromatic carbocycles. The summed E-state index contributed by atoms with van der Waals surface area (Å²) in [6.45, 7) is 36.8. The van der Waals surface area contributed by atoms with Crippen LogP contribution in [0.15, 0.2) is 115 Å². The van der Waals surface area contributed by atoms with Gasteiger partial charge in [0.25, 0.3) is 11.8 Å². The number of aromatic hydroxyl groups is 1. The topological polar surface area (TPSA) is 215 Å². The Morgan fingerprint density at radius 2 is 0.818 bits per heavy atom. The molecule has 2 aliphatic carbocycles. The van der Waals surface area contributed by atoms with Crippen molar-refractivity contribution in [2.45, 2.75) is 187 Å². The van der Waals surface area contributed by atoms with Gasteiger partial charge in [-0.15, -0.1) is 12.8 Å². The van der Waals surface area contributed by atoms with E-state index in [1.165, 1.54) is 94.6 Å². The van der Waals surface area contributed by atoms with Crippen LogP contribution in [0.2, 0.25) is 0 Å². The average molecular weight is 1350 g/mol. The molecule has 2 aliphatic rings. The summed E-state index contributed by atoms with van der Waals surface area (Å²) in [6, 6.07) is 21.2. The van der Waals surface area contributed by atoms with Gasteiger partial charge in [0.2, 0.25) is 0 Å². The molecule has 0 spiro atoms. The Labute approximate surface area is 550 Å². The number of pyridine rings is 6. The average Bonchev–Trinajstić information content (AvgIpc) is 2.10. The first-order valence-electron chi connectivity index (χ1n) is 28.7. The van der Waals surface area contributed by atoms with E-state index >= 15 is 0 Å². The molecule has 6 heterocycles. The Morgan fingerprint density at radius 3 is 1.11 bits per heavy atom. The molecule has 0 radical (unpaired) electrons. The molecule has 2 fully saturated rings. The molecule has 0 bridgehead atoms. The van der Waals surface area contributed by atoms with Crippen molar-refractivity contribution >= 4 is 31.8 Å². The van der Waals surface area contributed by atoms with Crippen molar-refractivity contribution in [2.24, 2.45) is 0 Å². The second-order valence-corrected chi connectivity index (χ2v) is 32.4. The van der Waals surface area contributed by atoms with Gasteiger partial charge in [-0.1, -0.05) is 125 Å². The van der Waals surface area contributed by atoms with Crippen molar-refractivity contribution in [1.29, 1.82) is 15.8 Å². The van der Waals surface area contributed by atoms with Gasteiger partial charge < -0.3 is 43.6 Å². The summed E-state index contributed by atoms with van der Waals surface area (Å²) in [7, 11) is 0.312. The Hall–Kier alpha value is -6.41. The summed E-state index contributed by atoms with van der Waals surface area (Å²) in [5, 5.41) is 36.7. The fraction of sp³-hybridized carbons (Fsp3) is 0.464. The van der Waals surface area contributed by atoms with Gasteiger partial charge in [-0.05, 0) is 131 Å². The van der Waals surface area contributed by atoms with Crippen LogP contribution < -0.4 is 23.7 Å². The Bertz CT molecular complexity index is 2870. The molecule has 0 aliphatic heterocycles. The Balaban J connectivity index is 0. The molecule has 0 unspecified atom stereocenters. The molecule has 19 heteroatoms. The minimum Gasteiger partial charge on any atom is -0.506 e. The van der Waals surface area contributed by atoms with Gasteiger partial charge in [0, 0.05) is 55.4 Å². The Kier molecular flexibility index (Phi) is 41.2. The molecule has 6 aromatic heterocycles. The van der Waals surface area contributed by atoms with Crippen LogP contribution in [0.4, 0.5) is 0 Å². The van der Waals surface area contributed by atoms with Crippen molar-refractivity contribution in [3.63, 3.8) is 0 Å². The fourth-order valence-electron chi connectivity index (χ4n) is 10.4. The van der Waals surface area contributed by atoms with E-state index in [1.807, 2.05) is 51.1 Å². The third kappa shape index (κ3) is 31.2. The zero-order valence-electron chi connectivity index (χ0n) is 55.1. The van der Waals surface area contributed by atoms with Crippen LogP contribution >= 0.6 is 31.8 Å². The van der Waals surface area contributed by atoms with Gasteiger partial charge in [-0.2, -0.15) is 15.8 Å². The monoisotopic (exact) mass is 1340 g/mol. The molecular weight excluding hydrogens is 1250 g/mol. The number of aromatic nitrogens is 6. The van der Waals surface area contributed by atoms with Crippen LogP contribution in [0.1, 0.15) is 172 Å². The number of rotatable bonds is 12. The molecule has 1 N–H and O–H groups in total. The van der Waals surface area contributed by atoms with Crippen LogP contribution in [0.25, 0.3) is 0 Å². The first-order valence-corrected chi connectivity index (χ1v) is 32.3. The molecule has 0 amide bonds. The number of nitriles is 3. The summed E-state index contributed by atoms with van der Waals surface area (Å²) in [6.07, 6.45) is 33.5. The number of halogens is 1. The van der Waals surface area contributed by atoms with Crippen molar-refractivity contribution in [3.05, 3.63) is 147 Å². The van der Waals surface area contributed by atoms with Gasteiger partial charge in [0.1, 0.15) is 40.1 Å². The van der Waals surface area contributed by atoms with E-state index in [1.54, 1.807) is 55.0 Å². The second kappa shape index (κ2) is 43.3. The van der Waals surface area contributed by atoms with Crippen molar-refractivity contribution in [2.75, 3.05) is 19.8 Å². The van der Waals surface area contributed by atoms with E-state index in [2.05, 4.69) is 142 Å². The van der Waals surface area contributed by atoms with E-state index in [4.69, 9.17) is 44.6 Å². The SMILES string of the molecule is C#C.CC(C)(C)P(C1CCCC1)C(C)(C)C.CC(C)(C)P(C1CCCC1)C(C)(C)C.CCOc1cccnc1Br.CCOc1cccnc1Oc1cncc(C#N)c1.CCOc1cccnc1Oc1cncc(C#N)c1.N#Cc1cncc(O)c1.[CH3-].[CH3-].[Fe+2]. The minimum atomic E-state index is 0. The number of terminal acetylenes is 1. The van der Waals surface area contributed by atoms with Crippen LogP contribution in [0.5, 0.6) is 46.3 Å². The molecule has 15 nitrogen and oxygen atoms in total. The summed E-state index contributed by atoms with van der Waals surface area (Å²) in [5.74, 6) is 3.55.